The molecule has 3 rings (SSSR count). The predicted molar refractivity (Wildman–Crippen MR) is 59.4 cm³/mol. The summed E-state index contributed by atoms with van der Waals surface area (Å²) >= 11 is 0. The predicted octanol–water partition coefficient (Wildman–Crippen LogP) is 2.04. The van der Waals surface area contributed by atoms with Crippen LogP contribution in [-0.2, 0) is 10.3 Å². The Morgan fingerprint density at radius 3 is 2.40 bits per heavy atom. The van der Waals surface area contributed by atoms with Gasteiger partial charge in [0, 0.05) is 18.8 Å². The van der Waals surface area contributed by atoms with Gasteiger partial charge in [-0.25, -0.2) is 0 Å². The van der Waals surface area contributed by atoms with Gasteiger partial charge >= 0.3 is 0 Å². The van der Waals surface area contributed by atoms with Crippen LogP contribution in [0.2, 0.25) is 0 Å². The summed E-state index contributed by atoms with van der Waals surface area (Å²) in [4.78, 5) is 0. The maximum Gasteiger partial charge on any atom is 0.0475 e. The number of ether oxygens (including phenoxy) is 1. The molecule has 1 heterocycles. The third kappa shape index (κ3) is 1.25. The van der Waals surface area contributed by atoms with Crippen LogP contribution in [0.1, 0.15) is 24.8 Å². The smallest absolute Gasteiger partial charge is 0.0475 e. The average molecular weight is 203 g/mol. The first-order valence-corrected chi connectivity index (χ1v) is 5.69. The van der Waals surface area contributed by atoms with Crippen molar-refractivity contribution in [2.24, 2.45) is 11.1 Å². The summed E-state index contributed by atoms with van der Waals surface area (Å²) in [6.07, 6.45) is 3.38. The van der Waals surface area contributed by atoms with Crippen molar-refractivity contribution in [3.8, 4) is 0 Å². The highest BCUT2D eigenvalue weighted by molar-refractivity contribution is 5.36. The maximum atomic E-state index is 6.52. The van der Waals surface area contributed by atoms with E-state index in [0.29, 0.717) is 5.41 Å². The van der Waals surface area contributed by atoms with E-state index in [1.54, 1.807) is 0 Å². The quantitative estimate of drug-likeness (QED) is 0.758. The zero-order valence-electron chi connectivity index (χ0n) is 8.91. The summed E-state index contributed by atoms with van der Waals surface area (Å²) in [5.74, 6) is 0. The molecule has 2 aliphatic rings. The van der Waals surface area contributed by atoms with Crippen molar-refractivity contribution >= 4 is 0 Å². The van der Waals surface area contributed by atoms with Gasteiger partial charge in [-0.05, 0) is 30.2 Å². The van der Waals surface area contributed by atoms with Crippen LogP contribution >= 0.6 is 0 Å². The molecule has 1 saturated carbocycles. The fourth-order valence-electron chi connectivity index (χ4n) is 3.02. The fourth-order valence-corrected chi connectivity index (χ4v) is 3.02. The lowest BCUT2D eigenvalue weighted by molar-refractivity contribution is 0.0491. The molecule has 1 unspecified atom stereocenters. The molecule has 2 fully saturated rings. The molecular formula is C13H17NO. The summed E-state index contributed by atoms with van der Waals surface area (Å²) < 4.78 is 5.42. The lowest BCUT2D eigenvalue weighted by Gasteiger charge is -2.27. The third-order valence-electron chi connectivity index (χ3n) is 4.18. The van der Waals surface area contributed by atoms with Crippen molar-refractivity contribution in [3.05, 3.63) is 35.9 Å². The largest absolute Gasteiger partial charge is 0.381 e. The van der Waals surface area contributed by atoms with Gasteiger partial charge in [0.15, 0.2) is 0 Å². The number of hydrogen-bond acceptors (Lipinski definition) is 2. The summed E-state index contributed by atoms with van der Waals surface area (Å²) in [6.45, 7) is 1.76. The summed E-state index contributed by atoms with van der Waals surface area (Å²) in [7, 11) is 0. The van der Waals surface area contributed by atoms with E-state index in [1.807, 2.05) is 6.07 Å². The van der Waals surface area contributed by atoms with E-state index in [0.717, 1.165) is 32.5 Å². The van der Waals surface area contributed by atoms with Gasteiger partial charge in [0.1, 0.15) is 0 Å². The van der Waals surface area contributed by atoms with Crippen molar-refractivity contribution in [2.75, 3.05) is 13.2 Å². The molecule has 1 saturated heterocycles. The number of benzene rings is 1. The molecule has 2 N–H and O–H groups in total. The maximum absolute atomic E-state index is 6.52. The van der Waals surface area contributed by atoms with E-state index in [-0.39, 0.29) is 5.54 Å². The molecule has 1 aromatic rings. The van der Waals surface area contributed by atoms with Crippen LogP contribution in [0.5, 0.6) is 0 Å². The molecule has 1 atom stereocenters. The lowest BCUT2D eigenvalue weighted by atomic mass is 9.87. The summed E-state index contributed by atoms with van der Waals surface area (Å²) in [5, 5.41) is 0. The van der Waals surface area contributed by atoms with Gasteiger partial charge in [0.05, 0.1) is 0 Å². The molecule has 0 amide bonds. The van der Waals surface area contributed by atoms with Crippen LogP contribution in [-0.4, -0.2) is 13.2 Å². The molecule has 1 aliphatic carbocycles. The van der Waals surface area contributed by atoms with E-state index in [4.69, 9.17) is 10.5 Å². The molecule has 2 heteroatoms. The third-order valence-corrected chi connectivity index (χ3v) is 4.18. The normalized spacial score (nSPS) is 32.9. The number of nitrogens with two attached hydrogens (primary N) is 1. The van der Waals surface area contributed by atoms with Crippen molar-refractivity contribution in [1.82, 2.24) is 0 Å². The SMILES string of the molecule is NC1(c2ccccc2)CC12CCOCC2. The van der Waals surface area contributed by atoms with Gasteiger partial charge in [-0.3, -0.25) is 0 Å². The van der Waals surface area contributed by atoms with Crippen molar-refractivity contribution in [3.63, 3.8) is 0 Å². The highest BCUT2D eigenvalue weighted by atomic mass is 16.5. The Bertz CT molecular complexity index is 356. The number of hydrogen-bond donors (Lipinski definition) is 1. The Kier molecular flexibility index (Phi) is 1.91. The molecule has 80 valence electrons. The molecule has 0 aromatic heterocycles. The minimum atomic E-state index is -0.0714. The molecule has 2 nitrogen and oxygen atoms in total. The zero-order chi connectivity index (χ0) is 10.4. The van der Waals surface area contributed by atoms with Crippen LogP contribution in [0.4, 0.5) is 0 Å². The Labute approximate surface area is 90.4 Å². The van der Waals surface area contributed by atoms with Crippen LogP contribution in [0.25, 0.3) is 0 Å². The highest BCUT2D eigenvalue weighted by Crippen LogP contribution is 2.65. The molecule has 1 spiro atoms. The van der Waals surface area contributed by atoms with E-state index < -0.39 is 0 Å². The first-order chi connectivity index (χ1) is 7.27. The molecule has 1 aromatic carbocycles. The zero-order valence-corrected chi connectivity index (χ0v) is 8.91. The van der Waals surface area contributed by atoms with Gasteiger partial charge in [-0.15, -0.1) is 0 Å². The number of rotatable bonds is 1. The second kappa shape index (κ2) is 3.06. The molecule has 15 heavy (non-hydrogen) atoms. The van der Waals surface area contributed by atoms with E-state index in [1.165, 1.54) is 5.56 Å². The van der Waals surface area contributed by atoms with Gasteiger partial charge in [-0.1, -0.05) is 30.3 Å². The first kappa shape index (κ1) is 9.37. The Morgan fingerprint density at radius 2 is 1.73 bits per heavy atom. The van der Waals surface area contributed by atoms with Crippen molar-refractivity contribution in [2.45, 2.75) is 24.8 Å². The molecule has 0 radical (unpaired) electrons. The van der Waals surface area contributed by atoms with Crippen LogP contribution in [0.3, 0.4) is 0 Å². The molecule has 0 bridgehead atoms. The fraction of sp³-hybridized carbons (Fsp3) is 0.538. The van der Waals surface area contributed by atoms with E-state index >= 15 is 0 Å². The van der Waals surface area contributed by atoms with Gasteiger partial charge < -0.3 is 10.5 Å². The van der Waals surface area contributed by atoms with Crippen molar-refractivity contribution in [1.29, 1.82) is 0 Å². The van der Waals surface area contributed by atoms with Crippen molar-refractivity contribution < 1.29 is 4.74 Å². The Hall–Kier alpha value is -0.860. The van der Waals surface area contributed by atoms with Crippen LogP contribution < -0.4 is 5.73 Å². The minimum absolute atomic E-state index is 0.0714. The second-order valence-electron chi connectivity index (χ2n) is 4.91. The topological polar surface area (TPSA) is 35.2 Å². The van der Waals surface area contributed by atoms with Crippen LogP contribution in [0.15, 0.2) is 30.3 Å². The summed E-state index contributed by atoms with van der Waals surface area (Å²) in [5.41, 5.74) is 8.09. The van der Waals surface area contributed by atoms with Crippen LogP contribution in [0, 0.1) is 5.41 Å². The minimum Gasteiger partial charge on any atom is -0.381 e. The molecule has 1 aliphatic heterocycles. The summed E-state index contributed by atoms with van der Waals surface area (Å²) in [6, 6.07) is 10.5. The average Bonchev–Trinajstić information content (AvgIpc) is 2.87. The van der Waals surface area contributed by atoms with Gasteiger partial charge in [0.2, 0.25) is 0 Å². The van der Waals surface area contributed by atoms with Gasteiger partial charge in [0.25, 0.3) is 0 Å². The lowest BCUT2D eigenvalue weighted by Crippen LogP contribution is -2.32. The monoisotopic (exact) mass is 203 g/mol. The Morgan fingerprint density at radius 1 is 1.07 bits per heavy atom. The first-order valence-electron chi connectivity index (χ1n) is 5.69. The Balaban J connectivity index is 1.89. The second-order valence-corrected chi connectivity index (χ2v) is 4.91. The standard InChI is InChI=1S/C13H17NO/c14-13(11-4-2-1-3-5-11)10-12(13)6-8-15-9-7-12/h1-5H,6-10,14H2. The van der Waals surface area contributed by atoms with E-state index in [9.17, 15) is 0 Å². The highest BCUT2D eigenvalue weighted by Gasteiger charge is 2.65. The molecular weight excluding hydrogens is 186 g/mol. The van der Waals surface area contributed by atoms with E-state index in [2.05, 4.69) is 24.3 Å². The van der Waals surface area contributed by atoms with Gasteiger partial charge in [-0.2, -0.15) is 0 Å².